The SMILES string of the molecule is C[C@]12CC[C@H]3[C@@H](CC=C4C[C@@H](O)CC[C@@]43C)[C@@H]1CC[C@@H]2C1=CC2(C(=O)Nc3ccc(F)cc32)C(C#N)=C(N)N1. The quantitative estimate of drug-likeness (QED) is 0.378. The number of aliphatic hydroxyl groups is 1. The second kappa shape index (κ2) is 8.20. The second-order valence-electron chi connectivity index (χ2n) is 13.4. The average Bonchev–Trinajstić information content (AvgIpc) is 3.38. The summed E-state index contributed by atoms with van der Waals surface area (Å²) >= 11 is 0. The number of dihydropyridines is 1. The zero-order valence-corrected chi connectivity index (χ0v) is 22.7. The van der Waals surface area contributed by atoms with E-state index in [1.807, 2.05) is 6.08 Å². The van der Waals surface area contributed by atoms with Gasteiger partial charge in [0.2, 0.25) is 5.91 Å². The van der Waals surface area contributed by atoms with Crippen molar-refractivity contribution < 1.29 is 14.3 Å². The summed E-state index contributed by atoms with van der Waals surface area (Å²) < 4.78 is 14.4. The van der Waals surface area contributed by atoms with E-state index in [0.29, 0.717) is 29.0 Å². The van der Waals surface area contributed by atoms with Crippen LogP contribution in [0.15, 0.2) is 53.0 Å². The molecule has 2 heterocycles. The van der Waals surface area contributed by atoms with Crippen LogP contribution in [-0.2, 0) is 10.2 Å². The Kier molecular flexibility index (Phi) is 5.24. The summed E-state index contributed by atoms with van der Waals surface area (Å²) in [5, 5.41) is 26.7. The van der Waals surface area contributed by atoms with Gasteiger partial charge in [-0.15, -0.1) is 0 Å². The van der Waals surface area contributed by atoms with Crippen molar-refractivity contribution >= 4 is 11.6 Å². The fraction of sp³-hybridized carbons (Fsp3) is 0.562. The smallest absolute Gasteiger partial charge is 0.244 e. The topological polar surface area (TPSA) is 111 Å². The molecule has 4 aliphatic carbocycles. The van der Waals surface area contributed by atoms with E-state index in [1.54, 1.807) is 6.07 Å². The summed E-state index contributed by atoms with van der Waals surface area (Å²) in [5.74, 6) is 1.31. The maximum atomic E-state index is 14.4. The zero-order valence-electron chi connectivity index (χ0n) is 22.7. The number of rotatable bonds is 1. The fourth-order valence-electron chi connectivity index (χ4n) is 9.95. The Hall–Kier alpha value is -3.11. The summed E-state index contributed by atoms with van der Waals surface area (Å²) in [6.07, 6.45) is 12.3. The molecule has 1 aromatic rings. The minimum Gasteiger partial charge on any atom is -0.393 e. The van der Waals surface area contributed by atoms with Crippen LogP contribution in [0, 0.1) is 51.6 Å². The lowest BCUT2D eigenvalue weighted by Gasteiger charge is -2.58. The van der Waals surface area contributed by atoms with Gasteiger partial charge in [-0.05, 0) is 104 Å². The van der Waals surface area contributed by atoms with Crippen LogP contribution in [0.1, 0.15) is 70.8 Å². The number of nitrogens with zero attached hydrogens (tertiary/aromatic N) is 1. The minimum atomic E-state index is -1.43. The largest absolute Gasteiger partial charge is 0.393 e. The van der Waals surface area contributed by atoms with Crippen LogP contribution in [0.5, 0.6) is 0 Å². The van der Waals surface area contributed by atoms with Crippen molar-refractivity contribution in [3.8, 4) is 6.07 Å². The lowest BCUT2D eigenvalue weighted by Crippen LogP contribution is -2.51. The molecule has 0 radical (unpaired) electrons. The molecule has 3 fully saturated rings. The van der Waals surface area contributed by atoms with Crippen LogP contribution in [0.25, 0.3) is 0 Å². The number of carbonyl (C=O) groups is 1. The Labute approximate surface area is 229 Å². The molecule has 5 N–H and O–H groups in total. The molecule has 1 amide bonds. The van der Waals surface area contributed by atoms with E-state index in [9.17, 15) is 19.6 Å². The highest BCUT2D eigenvalue weighted by Crippen LogP contribution is 2.67. The van der Waals surface area contributed by atoms with Gasteiger partial charge in [0.1, 0.15) is 23.1 Å². The number of allylic oxidation sites excluding steroid dienone is 2. The van der Waals surface area contributed by atoms with Crippen LogP contribution < -0.4 is 16.4 Å². The van der Waals surface area contributed by atoms with Crippen LogP contribution in [0.2, 0.25) is 0 Å². The molecule has 1 aromatic carbocycles. The molecule has 204 valence electrons. The van der Waals surface area contributed by atoms with Gasteiger partial charge in [0.15, 0.2) is 0 Å². The first-order valence-electron chi connectivity index (χ1n) is 14.5. The first kappa shape index (κ1) is 24.9. The van der Waals surface area contributed by atoms with Crippen LogP contribution in [0.3, 0.4) is 0 Å². The molecule has 7 heteroatoms. The highest BCUT2D eigenvalue weighted by atomic mass is 19.1. The van der Waals surface area contributed by atoms with Crippen LogP contribution in [-0.4, -0.2) is 17.1 Å². The molecule has 39 heavy (non-hydrogen) atoms. The Morgan fingerprint density at radius 3 is 2.74 bits per heavy atom. The molecule has 3 saturated carbocycles. The van der Waals surface area contributed by atoms with E-state index < -0.39 is 11.2 Å². The van der Waals surface area contributed by atoms with Crippen molar-refractivity contribution in [3.05, 3.63) is 64.4 Å². The van der Waals surface area contributed by atoms with Crippen molar-refractivity contribution in [2.75, 3.05) is 5.32 Å². The lowest BCUT2D eigenvalue weighted by molar-refractivity contribution is -0.118. The fourth-order valence-corrected chi connectivity index (χ4v) is 9.95. The number of hydrogen-bond donors (Lipinski definition) is 4. The van der Waals surface area contributed by atoms with Gasteiger partial charge >= 0.3 is 0 Å². The molecule has 1 unspecified atom stereocenters. The van der Waals surface area contributed by atoms with Gasteiger partial charge in [0.05, 0.1) is 11.7 Å². The first-order chi connectivity index (χ1) is 18.6. The van der Waals surface area contributed by atoms with Gasteiger partial charge in [-0.1, -0.05) is 25.5 Å². The molecule has 6 aliphatic rings. The number of nitrogens with two attached hydrogens (primary N) is 1. The number of fused-ring (bicyclic) bond motifs is 7. The molecular weight excluding hydrogens is 491 g/mol. The van der Waals surface area contributed by atoms with E-state index in [2.05, 4.69) is 36.6 Å². The maximum Gasteiger partial charge on any atom is 0.244 e. The molecule has 8 atom stereocenters. The van der Waals surface area contributed by atoms with Crippen LogP contribution in [0.4, 0.5) is 10.1 Å². The Morgan fingerprint density at radius 2 is 1.95 bits per heavy atom. The van der Waals surface area contributed by atoms with Crippen molar-refractivity contribution in [1.82, 2.24) is 5.32 Å². The Bertz CT molecular complexity index is 1420. The van der Waals surface area contributed by atoms with Gasteiger partial charge in [-0.3, -0.25) is 4.79 Å². The molecule has 6 nitrogen and oxygen atoms in total. The van der Waals surface area contributed by atoms with Crippen molar-refractivity contribution in [3.63, 3.8) is 0 Å². The third kappa shape index (κ3) is 3.18. The number of nitriles is 1. The number of amides is 1. The average molecular weight is 529 g/mol. The molecule has 2 aliphatic heterocycles. The van der Waals surface area contributed by atoms with E-state index in [1.165, 1.54) is 17.7 Å². The number of hydrogen-bond acceptors (Lipinski definition) is 5. The van der Waals surface area contributed by atoms with Crippen molar-refractivity contribution in [1.29, 1.82) is 5.26 Å². The van der Waals surface area contributed by atoms with E-state index in [4.69, 9.17) is 5.73 Å². The standard InChI is InChI=1S/C32H37FN4O2/c1-30-11-9-19(38)13-17(30)3-5-20-21-6-7-23(31(21,2)12-10-22(20)30)27-15-32(25(16-34)28(35)36-27)24-14-18(33)4-8-26(24)37-29(32)39/h3-4,8,14-15,19-23,36,38H,5-7,9-13,35H2,1-2H3,(H,37,39)/t19-,20-,21-,22-,23+,30-,31-,32?/m0/s1. The molecule has 0 saturated heterocycles. The predicted molar refractivity (Wildman–Crippen MR) is 146 cm³/mol. The van der Waals surface area contributed by atoms with Gasteiger partial charge < -0.3 is 21.5 Å². The highest BCUT2D eigenvalue weighted by molar-refractivity contribution is 6.11. The summed E-state index contributed by atoms with van der Waals surface area (Å²) in [6, 6.07) is 6.40. The normalized spacial score (nSPS) is 42.3. The summed E-state index contributed by atoms with van der Waals surface area (Å²) in [5.41, 5.74) is 8.71. The number of nitrogens with one attached hydrogen (secondary N) is 2. The second-order valence-corrected chi connectivity index (χ2v) is 13.4. The monoisotopic (exact) mass is 528 g/mol. The van der Waals surface area contributed by atoms with Gasteiger partial charge in [0.25, 0.3) is 0 Å². The Morgan fingerprint density at radius 1 is 1.13 bits per heavy atom. The summed E-state index contributed by atoms with van der Waals surface area (Å²) in [7, 11) is 0. The molecule has 0 bridgehead atoms. The molecule has 0 aromatic heterocycles. The third-order valence-corrected chi connectivity index (χ3v) is 11.9. The first-order valence-corrected chi connectivity index (χ1v) is 14.5. The van der Waals surface area contributed by atoms with E-state index in [-0.39, 0.29) is 40.2 Å². The molecule has 7 rings (SSSR count). The minimum absolute atomic E-state index is 0.0291. The van der Waals surface area contributed by atoms with Gasteiger partial charge in [0, 0.05) is 22.9 Å². The van der Waals surface area contributed by atoms with Gasteiger partial charge in [-0.25, -0.2) is 4.39 Å². The number of halogens is 1. The molecular formula is C32H37FN4O2. The number of aliphatic hydroxyl groups excluding tert-OH is 1. The highest BCUT2D eigenvalue weighted by Gasteiger charge is 2.60. The molecule has 1 spiro atoms. The summed E-state index contributed by atoms with van der Waals surface area (Å²) in [4.78, 5) is 13.6. The number of benzene rings is 1. The summed E-state index contributed by atoms with van der Waals surface area (Å²) in [6.45, 7) is 4.85. The third-order valence-electron chi connectivity index (χ3n) is 11.9. The zero-order chi connectivity index (χ0) is 27.3. The Balaban J connectivity index is 1.27. The number of anilines is 1. The van der Waals surface area contributed by atoms with E-state index >= 15 is 0 Å². The van der Waals surface area contributed by atoms with Crippen LogP contribution >= 0.6 is 0 Å². The van der Waals surface area contributed by atoms with Crippen molar-refractivity contribution in [2.24, 2.45) is 40.2 Å². The lowest BCUT2D eigenvalue weighted by atomic mass is 9.47. The van der Waals surface area contributed by atoms with E-state index in [0.717, 1.165) is 57.1 Å². The van der Waals surface area contributed by atoms with Gasteiger partial charge in [-0.2, -0.15) is 5.26 Å². The maximum absolute atomic E-state index is 14.4. The predicted octanol–water partition coefficient (Wildman–Crippen LogP) is 5.14. The number of carbonyl (C=O) groups excluding carboxylic acids is 1. The van der Waals surface area contributed by atoms with Crippen molar-refractivity contribution in [2.45, 2.75) is 76.7 Å².